The van der Waals surface area contributed by atoms with Crippen LogP contribution in [0.4, 0.5) is 5.69 Å². The van der Waals surface area contributed by atoms with E-state index in [4.69, 9.17) is 4.74 Å². The van der Waals surface area contributed by atoms with Gasteiger partial charge in [-0.25, -0.2) is 4.98 Å². The van der Waals surface area contributed by atoms with Gasteiger partial charge in [0.1, 0.15) is 5.75 Å². The Bertz CT molecular complexity index is 1060. The molecule has 1 N–H and O–H groups in total. The van der Waals surface area contributed by atoms with E-state index >= 15 is 0 Å². The zero-order valence-electron chi connectivity index (χ0n) is 17.1. The molecule has 1 heterocycles. The average Bonchev–Trinajstić information content (AvgIpc) is 3.13. The third-order valence-electron chi connectivity index (χ3n) is 4.83. The molecule has 0 aliphatic rings. The molecule has 158 valence electrons. The number of aromatic nitrogens is 2. The number of methoxy groups -OCH3 is 1. The number of hydrogen-bond donors (Lipinski definition) is 1. The summed E-state index contributed by atoms with van der Waals surface area (Å²) in [7, 11) is 1.58. The highest BCUT2D eigenvalue weighted by atomic mass is 32.2. The van der Waals surface area contributed by atoms with Gasteiger partial charge < -0.3 is 10.1 Å². The van der Waals surface area contributed by atoms with Crippen molar-refractivity contribution in [3.05, 3.63) is 52.6 Å². The van der Waals surface area contributed by atoms with Gasteiger partial charge >= 0.3 is 0 Å². The molecule has 0 saturated carbocycles. The summed E-state index contributed by atoms with van der Waals surface area (Å²) in [4.78, 5) is 27.7. The number of nitrogens with zero attached hydrogens (tertiary/aromatic N) is 3. The third kappa shape index (κ3) is 4.56. The smallest absolute Gasteiger partial charge is 0.271 e. The molecule has 0 saturated heterocycles. The number of benzene rings is 2. The Balaban J connectivity index is 2.01. The number of fused-ring (bicyclic) bond motifs is 1. The Hall–Kier alpha value is -3.07. The molecule has 3 aromatic rings. The first-order chi connectivity index (χ1) is 14.5. The minimum atomic E-state index is -0.447. The first-order valence-corrected chi connectivity index (χ1v) is 10.7. The van der Waals surface area contributed by atoms with Crippen molar-refractivity contribution in [1.29, 1.82) is 0 Å². The van der Waals surface area contributed by atoms with Gasteiger partial charge in [0.15, 0.2) is 5.16 Å². The van der Waals surface area contributed by atoms with E-state index in [1.807, 2.05) is 42.7 Å². The van der Waals surface area contributed by atoms with Gasteiger partial charge in [-0.05, 0) is 31.0 Å². The fraction of sp³-hybridized carbons (Fsp3) is 0.333. The minimum absolute atomic E-state index is 0.0322. The quantitative estimate of drug-likeness (QED) is 0.309. The predicted molar refractivity (Wildman–Crippen MR) is 118 cm³/mol. The predicted octanol–water partition coefficient (Wildman–Crippen LogP) is 4.34. The molecule has 0 aliphatic carbocycles. The highest BCUT2D eigenvalue weighted by Gasteiger charge is 2.19. The number of carbonyl (C=O) groups excluding carboxylic acids is 1. The van der Waals surface area contributed by atoms with Crippen LogP contribution in [-0.4, -0.2) is 39.3 Å². The summed E-state index contributed by atoms with van der Waals surface area (Å²) in [6.07, 6.45) is 1.74. The zero-order chi connectivity index (χ0) is 21.7. The molecule has 0 unspecified atom stereocenters. The van der Waals surface area contributed by atoms with Gasteiger partial charge in [-0.2, -0.15) is 0 Å². The van der Waals surface area contributed by atoms with E-state index in [0.717, 1.165) is 18.5 Å². The Morgan fingerprint density at radius 3 is 2.67 bits per heavy atom. The summed E-state index contributed by atoms with van der Waals surface area (Å²) in [5.41, 5.74) is 1.90. The number of carbonyl (C=O) groups is 1. The number of amides is 1. The van der Waals surface area contributed by atoms with Gasteiger partial charge in [0.2, 0.25) is 5.91 Å². The molecule has 1 amide bonds. The van der Waals surface area contributed by atoms with Gasteiger partial charge in [-0.15, -0.1) is 0 Å². The topological polar surface area (TPSA) is 99.3 Å². The van der Waals surface area contributed by atoms with Crippen molar-refractivity contribution in [1.82, 2.24) is 14.9 Å². The maximum absolute atomic E-state index is 12.4. The van der Waals surface area contributed by atoms with Crippen molar-refractivity contribution < 1.29 is 14.5 Å². The van der Waals surface area contributed by atoms with Crippen LogP contribution in [0.1, 0.15) is 26.7 Å². The zero-order valence-corrected chi connectivity index (χ0v) is 17.9. The largest absolute Gasteiger partial charge is 0.495 e. The second-order valence-electron chi connectivity index (χ2n) is 6.70. The summed E-state index contributed by atoms with van der Waals surface area (Å²) in [6, 6.07) is 12.2. The molecule has 0 bridgehead atoms. The Labute approximate surface area is 178 Å². The molecule has 0 radical (unpaired) electrons. The maximum atomic E-state index is 12.4. The molecule has 3 rings (SSSR count). The second-order valence-corrected chi connectivity index (χ2v) is 7.64. The molecule has 2 aromatic carbocycles. The van der Waals surface area contributed by atoms with Crippen molar-refractivity contribution in [3.63, 3.8) is 0 Å². The lowest BCUT2D eigenvalue weighted by molar-refractivity contribution is -0.384. The molecule has 8 nitrogen and oxygen atoms in total. The lowest BCUT2D eigenvalue weighted by Gasteiger charge is -2.15. The van der Waals surface area contributed by atoms with E-state index in [0.29, 0.717) is 21.9 Å². The van der Waals surface area contributed by atoms with Crippen molar-refractivity contribution in [2.45, 2.75) is 37.9 Å². The Kier molecular flexibility index (Phi) is 6.94. The third-order valence-corrected chi connectivity index (χ3v) is 5.77. The van der Waals surface area contributed by atoms with Crippen LogP contribution in [0.5, 0.6) is 5.75 Å². The van der Waals surface area contributed by atoms with E-state index in [1.54, 1.807) is 13.2 Å². The molecule has 0 spiro atoms. The second kappa shape index (κ2) is 9.62. The maximum Gasteiger partial charge on any atom is 0.271 e. The molecule has 1 aromatic heterocycles. The van der Waals surface area contributed by atoms with Crippen LogP contribution in [0, 0.1) is 10.1 Å². The number of nitro groups is 1. The summed E-state index contributed by atoms with van der Waals surface area (Å²) in [6.45, 7) is 4.07. The van der Waals surface area contributed by atoms with Crippen LogP contribution in [0.2, 0.25) is 0 Å². The lowest BCUT2D eigenvalue weighted by Crippen LogP contribution is -2.35. The number of imidazole rings is 1. The van der Waals surface area contributed by atoms with E-state index in [-0.39, 0.29) is 23.4 Å². The molecular weight excluding hydrogens is 404 g/mol. The molecule has 0 fully saturated rings. The number of ether oxygens (including phenoxy) is 1. The lowest BCUT2D eigenvalue weighted by atomic mass is 10.2. The molecule has 9 heteroatoms. The standard InChI is InChI=1S/C21H24N4O4S/c1-4-14(5-2)22-20(26)13-30-21-23-16-12-15(25(27)28)10-11-17(16)24(21)18-8-6-7-9-19(18)29-3/h6-12,14H,4-5,13H2,1-3H3,(H,22,26). The van der Waals surface area contributed by atoms with Gasteiger partial charge in [-0.3, -0.25) is 19.5 Å². The van der Waals surface area contributed by atoms with E-state index < -0.39 is 4.92 Å². The van der Waals surface area contributed by atoms with Crippen LogP contribution < -0.4 is 10.1 Å². The van der Waals surface area contributed by atoms with Crippen molar-refractivity contribution in [2.24, 2.45) is 0 Å². The van der Waals surface area contributed by atoms with Gasteiger partial charge in [0.25, 0.3) is 5.69 Å². The molecule has 0 atom stereocenters. The monoisotopic (exact) mass is 428 g/mol. The van der Waals surface area contributed by atoms with Gasteiger partial charge in [0, 0.05) is 18.2 Å². The summed E-state index contributed by atoms with van der Waals surface area (Å²) >= 11 is 1.29. The summed E-state index contributed by atoms with van der Waals surface area (Å²) in [5, 5.41) is 14.8. The van der Waals surface area contributed by atoms with Crippen molar-refractivity contribution >= 4 is 34.4 Å². The van der Waals surface area contributed by atoms with E-state index in [9.17, 15) is 14.9 Å². The van der Waals surface area contributed by atoms with Crippen LogP contribution in [0.3, 0.4) is 0 Å². The Morgan fingerprint density at radius 2 is 2.00 bits per heavy atom. The Morgan fingerprint density at radius 1 is 1.27 bits per heavy atom. The molecular formula is C21H24N4O4S. The van der Waals surface area contributed by atoms with E-state index in [1.165, 1.54) is 23.9 Å². The number of nitro benzene ring substituents is 1. The normalized spacial score (nSPS) is 11.1. The molecule has 0 aliphatic heterocycles. The number of thioether (sulfide) groups is 1. The van der Waals surface area contributed by atoms with Crippen molar-refractivity contribution in [3.8, 4) is 11.4 Å². The number of hydrogen-bond acceptors (Lipinski definition) is 6. The minimum Gasteiger partial charge on any atom is -0.495 e. The highest BCUT2D eigenvalue weighted by molar-refractivity contribution is 7.99. The summed E-state index contributed by atoms with van der Waals surface area (Å²) in [5.74, 6) is 0.758. The van der Waals surface area contributed by atoms with Crippen molar-refractivity contribution in [2.75, 3.05) is 12.9 Å². The number of para-hydroxylation sites is 2. The fourth-order valence-corrected chi connectivity index (χ4v) is 4.03. The number of nitrogens with one attached hydrogen (secondary N) is 1. The SMILES string of the molecule is CCC(CC)NC(=O)CSc1nc2cc([N+](=O)[O-])ccc2n1-c1ccccc1OC. The van der Waals surface area contributed by atoms with Gasteiger partial charge in [0.05, 0.1) is 34.5 Å². The first-order valence-electron chi connectivity index (χ1n) is 9.70. The van der Waals surface area contributed by atoms with Crippen LogP contribution in [0.15, 0.2) is 47.6 Å². The van der Waals surface area contributed by atoms with Crippen LogP contribution in [-0.2, 0) is 4.79 Å². The number of rotatable bonds is 9. The van der Waals surface area contributed by atoms with E-state index in [2.05, 4.69) is 10.3 Å². The van der Waals surface area contributed by atoms with Crippen LogP contribution in [0.25, 0.3) is 16.7 Å². The van der Waals surface area contributed by atoms with Gasteiger partial charge in [-0.1, -0.05) is 37.7 Å². The summed E-state index contributed by atoms with van der Waals surface area (Å²) < 4.78 is 7.36. The highest BCUT2D eigenvalue weighted by Crippen LogP contribution is 2.33. The molecule has 30 heavy (non-hydrogen) atoms. The first kappa shape index (κ1) is 21.6. The fourth-order valence-electron chi connectivity index (χ4n) is 3.20. The average molecular weight is 429 g/mol. The van der Waals surface area contributed by atoms with Crippen LogP contribution >= 0.6 is 11.8 Å². The number of non-ortho nitro benzene ring substituents is 1.